The van der Waals surface area contributed by atoms with Crippen LogP contribution in [0.4, 0.5) is 21.7 Å². The van der Waals surface area contributed by atoms with Crippen molar-refractivity contribution in [3.8, 4) is 11.1 Å². The Bertz CT molecular complexity index is 3300. The van der Waals surface area contributed by atoms with E-state index in [0.717, 1.165) is 50.0 Å². The van der Waals surface area contributed by atoms with Crippen molar-refractivity contribution in [3.05, 3.63) is 89.8 Å². The second-order valence-corrected chi connectivity index (χ2v) is 20.8. The number of anilines is 3. The van der Waals surface area contributed by atoms with Crippen LogP contribution in [-0.4, -0.2) is 141 Å². The van der Waals surface area contributed by atoms with Gasteiger partial charge in [-0.15, -0.1) is 9.69 Å². The number of hydrogen-bond acceptors (Lipinski definition) is 14. The summed E-state index contributed by atoms with van der Waals surface area (Å²) in [6.45, 7) is 4.82. The summed E-state index contributed by atoms with van der Waals surface area (Å²) in [5.74, 6) is -2.18. The van der Waals surface area contributed by atoms with E-state index in [9.17, 15) is 33.6 Å². The molecule has 3 fully saturated rings. The number of nitrogens with one attached hydrogen (secondary N) is 4. The van der Waals surface area contributed by atoms with Gasteiger partial charge in [0.2, 0.25) is 23.6 Å². The minimum Gasteiger partial charge on any atom is -0.465 e. The van der Waals surface area contributed by atoms with Crippen LogP contribution in [0.5, 0.6) is 0 Å². The second-order valence-electron chi connectivity index (χ2n) is 20.8. The Morgan fingerprint density at radius 1 is 0.785 bits per heavy atom. The highest BCUT2D eigenvalue weighted by atomic mass is 19.1. The number of carbonyl (C=O) groups excluding carboxylic acids is 7. The molecule has 3 aromatic heterocycles. The van der Waals surface area contributed by atoms with Crippen molar-refractivity contribution < 1.29 is 42.7 Å². The molecule has 3 aromatic carbocycles. The Balaban J connectivity index is 0.714. The summed E-state index contributed by atoms with van der Waals surface area (Å²) >= 11 is 0. The summed E-state index contributed by atoms with van der Waals surface area (Å²) in [5, 5.41) is 22.0. The molecule has 0 spiro atoms. The predicted molar refractivity (Wildman–Crippen MR) is 292 cm³/mol. The number of halogens is 1. The molecule has 6 aromatic rings. The Kier molecular flexibility index (Phi) is 16.2. The van der Waals surface area contributed by atoms with Crippen LogP contribution >= 0.6 is 0 Å². The number of fused-ring (bicyclic) bond motifs is 2. The van der Waals surface area contributed by atoms with E-state index in [2.05, 4.69) is 43.3 Å². The molecule has 6 amide bonds. The van der Waals surface area contributed by atoms with Crippen LogP contribution in [0.3, 0.4) is 0 Å². The molecule has 4 bridgehead atoms. The molecule has 6 N–H and O–H groups in total. The highest BCUT2D eigenvalue weighted by Gasteiger charge is 2.46. The number of rotatable bonds is 19. The molecule has 0 aliphatic carbocycles. The zero-order chi connectivity index (χ0) is 55.2. The van der Waals surface area contributed by atoms with E-state index in [4.69, 9.17) is 25.7 Å². The van der Waals surface area contributed by atoms with E-state index in [-0.39, 0.29) is 97.5 Å². The van der Waals surface area contributed by atoms with Crippen LogP contribution in [0.2, 0.25) is 0 Å². The lowest BCUT2D eigenvalue weighted by Crippen LogP contribution is -2.65. The van der Waals surface area contributed by atoms with Crippen molar-refractivity contribution in [2.75, 3.05) is 75.7 Å². The number of carbonyl (C=O) groups is 7. The summed E-state index contributed by atoms with van der Waals surface area (Å²) in [5.41, 5.74) is 10.3. The van der Waals surface area contributed by atoms with E-state index >= 15 is 4.39 Å². The molecule has 8 heterocycles. The average molecular weight is 1080 g/mol. The van der Waals surface area contributed by atoms with Crippen LogP contribution in [0, 0.1) is 5.82 Å². The lowest BCUT2D eigenvalue weighted by Gasteiger charge is -2.39. The fraction of sp³-hybridized carbons (Fsp3) is 0.446. The van der Waals surface area contributed by atoms with Crippen LogP contribution in [-0.2, 0) is 40.0 Å². The van der Waals surface area contributed by atoms with Gasteiger partial charge < -0.3 is 41.5 Å². The number of primary amides is 1. The van der Waals surface area contributed by atoms with Crippen LogP contribution < -0.4 is 36.5 Å². The number of ether oxygens (including phenoxy) is 1. The number of nitrogens with zero attached hydrogens (tertiary/aromatic N) is 9. The Morgan fingerprint density at radius 3 is 2.29 bits per heavy atom. The summed E-state index contributed by atoms with van der Waals surface area (Å²) < 4.78 is 22.4. The molecule has 0 atom stereocenters. The molecule has 414 valence electrons. The molecule has 22 nitrogen and oxygen atoms in total. The first-order valence-electron chi connectivity index (χ1n) is 27.4. The highest BCUT2D eigenvalue weighted by Crippen LogP contribution is 2.42. The molecule has 11 rings (SSSR count). The number of piperidine rings is 3. The third-order valence-corrected chi connectivity index (χ3v) is 15.7. The van der Waals surface area contributed by atoms with E-state index < -0.39 is 29.5 Å². The number of quaternary nitrogens is 1. The molecule has 79 heavy (non-hydrogen) atoms. The zero-order valence-electron chi connectivity index (χ0n) is 44.3. The summed E-state index contributed by atoms with van der Waals surface area (Å²) in [7, 11) is 0. The van der Waals surface area contributed by atoms with Crippen LogP contribution in [0.1, 0.15) is 111 Å². The molecule has 23 heteroatoms. The topological polar surface area (TPSA) is 271 Å². The number of hydrogen-bond donors (Lipinski definition) is 5. The first-order valence-corrected chi connectivity index (χ1v) is 27.4. The van der Waals surface area contributed by atoms with Gasteiger partial charge in [-0.05, 0) is 92.8 Å². The number of aromatic nitrogens is 6. The SMILES string of the molecule is CCOC(=O)CNC(=O)CNC(=O)Cn1nc2c3c(cccc31)-c1cc3c(cnn3[N+]3(C(=O)CCC(=O)NCCCC(=O)N4CCC(c5ccc(Nc6nc(N7CCCCC7)cnc6C(N)=O)cc5)CC4)CCC2CC3)cc1F. The minimum atomic E-state index is -0.657. The lowest BCUT2D eigenvalue weighted by atomic mass is 9.88. The number of amides is 6. The quantitative estimate of drug-likeness (QED) is 0.0423. The maximum atomic E-state index is 16.2. The molecule has 0 unspecified atom stereocenters. The van der Waals surface area contributed by atoms with Crippen molar-refractivity contribution in [3.63, 3.8) is 0 Å². The molecular weight excluding hydrogens is 1020 g/mol. The number of likely N-dealkylation sites (tertiary alicyclic amines) is 1. The van der Waals surface area contributed by atoms with E-state index in [1.54, 1.807) is 40.9 Å². The Hall–Kier alpha value is -8.34. The Morgan fingerprint density at radius 2 is 1.54 bits per heavy atom. The molecule has 5 aliphatic heterocycles. The fourth-order valence-corrected chi connectivity index (χ4v) is 11.6. The van der Waals surface area contributed by atoms with Gasteiger partial charge in [0.1, 0.15) is 43.3 Å². The van der Waals surface area contributed by atoms with Crippen molar-refractivity contribution in [2.45, 2.75) is 95.9 Å². The van der Waals surface area contributed by atoms with Gasteiger partial charge in [0, 0.05) is 86.3 Å². The third kappa shape index (κ3) is 11.8. The van der Waals surface area contributed by atoms with Crippen LogP contribution in [0.15, 0.2) is 67.0 Å². The number of benzene rings is 3. The summed E-state index contributed by atoms with van der Waals surface area (Å²) in [6, 6.07) is 16.5. The maximum Gasteiger partial charge on any atom is 0.340 e. The first kappa shape index (κ1) is 54.0. The van der Waals surface area contributed by atoms with Gasteiger partial charge >= 0.3 is 11.9 Å². The van der Waals surface area contributed by atoms with Gasteiger partial charge in [0.05, 0.1) is 43.2 Å². The predicted octanol–water partition coefficient (Wildman–Crippen LogP) is 4.55. The summed E-state index contributed by atoms with van der Waals surface area (Å²) in [6.07, 6.45) is 9.67. The second kappa shape index (κ2) is 23.7. The van der Waals surface area contributed by atoms with Gasteiger partial charge in [-0.1, -0.05) is 29.1 Å². The van der Waals surface area contributed by atoms with Gasteiger partial charge in [-0.3, -0.25) is 33.4 Å². The van der Waals surface area contributed by atoms with Gasteiger partial charge in [-0.2, -0.15) is 5.10 Å². The fourth-order valence-electron chi connectivity index (χ4n) is 11.6. The van der Waals surface area contributed by atoms with Gasteiger partial charge in [-0.25, -0.2) is 19.2 Å². The zero-order valence-corrected chi connectivity index (χ0v) is 44.3. The molecule has 0 saturated carbocycles. The molecule has 0 radical (unpaired) electrons. The first-order chi connectivity index (χ1) is 38.3. The third-order valence-electron chi connectivity index (χ3n) is 15.7. The van der Waals surface area contributed by atoms with E-state index in [1.165, 1.54) is 12.5 Å². The van der Waals surface area contributed by atoms with Gasteiger partial charge in [0.25, 0.3) is 5.91 Å². The number of esters is 1. The maximum absolute atomic E-state index is 16.2. The smallest absolute Gasteiger partial charge is 0.340 e. The molecular formula is C56H66FN14O8+. The minimum absolute atomic E-state index is 0.0289. The van der Waals surface area contributed by atoms with Crippen molar-refractivity contribution in [1.82, 2.24) is 55.1 Å². The average Bonchev–Trinajstić information content (AvgIpc) is 4.21. The standard InChI is InChI=1S/C56H65FN14O8/c1-2-79-51(77)33-61-47(73)32-60-48(74)34-69-43-9-6-8-40-41-29-44-38(28-42(41)57)30-63-70(44)71(26-19-37(20-27-71)53(66-69)52(40)43)50(76)16-15-46(72)59-21-7-10-49(75)68-24-17-36(18-25-68)35-11-13-39(14-12-35)64-56-54(55(58)78)62-31-45(65-56)67-22-4-3-5-23-67/h6,8-9,11-14,28-31,36-37H,2-5,7,10,15-27,32-34H2,1H3,(H5-,58,59,60,61,64,65,72,73,74,78)/p+1. The highest BCUT2D eigenvalue weighted by molar-refractivity contribution is 6.01. The number of nitrogens with two attached hydrogens (primary N) is 1. The lowest BCUT2D eigenvalue weighted by molar-refractivity contribution is -0.143. The monoisotopic (exact) mass is 1080 g/mol. The van der Waals surface area contributed by atoms with Crippen LogP contribution in [0.25, 0.3) is 32.9 Å². The summed E-state index contributed by atoms with van der Waals surface area (Å²) in [4.78, 5) is 105. The van der Waals surface area contributed by atoms with Crippen molar-refractivity contribution in [1.29, 1.82) is 0 Å². The van der Waals surface area contributed by atoms with Crippen molar-refractivity contribution in [2.24, 2.45) is 5.73 Å². The Labute approximate surface area is 455 Å². The molecule has 3 saturated heterocycles. The van der Waals surface area contributed by atoms with Crippen molar-refractivity contribution >= 4 is 80.5 Å². The normalized spacial score (nSPS) is 18.0. The van der Waals surface area contributed by atoms with E-state index in [0.29, 0.717) is 90.1 Å². The molecule has 5 aliphatic rings. The van der Waals surface area contributed by atoms with E-state index in [1.807, 2.05) is 29.2 Å². The largest absolute Gasteiger partial charge is 0.465 e. The van der Waals surface area contributed by atoms with Gasteiger partial charge in [0.15, 0.2) is 11.5 Å².